The Hall–Kier alpha value is -2.96. The van der Waals surface area contributed by atoms with Crippen molar-refractivity contribution >= 4 is 23.7 Å². The number of rotatable bonds is 3. The number of amides is 1. The lowest BCUT2D eigenvalue weighted by Crippen LogP contribution is -2.58. The summed E-state index contributed by atoms with van der Waals surface area (Å²) in [5.74, 6) is 0.815. The van der Waals surface area contributed by atoms with Crippen LogP contribution in [-0.2, 0) is 11.3 Å². The van der Waals surface area contributed by atoms with Crippen LogP contribution in [0.2, 0.25) is 0 Å². The Kier molecular flexibility index (Phi) is 7.19. The summed E-state index contributed by atoms with van der Waals surface area (Å²) < 4.78 is 6.81. The molecule has 3 aliphatic heterocycles. The van der Waals surface area contributed by atoms with Crippen LogP contribution in [0.1, 0.15) is 39.2 Å². The van der Waals surface area contributed by atoms with Gasteiger partial charge in [-0.05, 0) is 32.8 Å². The highest BCUT2D eigenvalue weighted by Crippen LogP contribution is 2.27. The molecule has 1 atom stereocenters. The summed E-state index contributed by atoms with van der Waals surface area (Å²) in [5.41, 5.74) is 6.04. The first kappa shape index (κ1) is 24.2. The van der Waals surface area contributed by atoms with Gasteiger partial charge < -0.3 is 14.5 Å². The Balaban J connectivity index is 1.48. The van der Waals surface area contributed by atoms with E-state index in [0.717, 1.165) is 43.2 Å². The van der Waals surface area contributed by atoms with Crippen LogP contribution in [0.15, 0.2) is 46.7 Å². The van der Waals surface area contributed by atoms with Crippen LogP contribution in [0.25, 0.3) is 0 Å². The monoisotopic (exact) mass is 485 g/mol. The van der Waals surface area contributed by atoms with Gasteiger partial charge in [0.2, 0.25) is 0 Å². The summed E-state index contributed by atoms with van der Waals surface area (Å²) in [4.78, 5) is 18.9. The van der Waals surface area contributed by atoms with E-state index in [-0.39, 0.29) is 18.6 Å². The predicted molar refractivity (Wildman–Crippen MR) is 130 cm³/mol. The average Bonchev–Trinajstić information content (AvgIpc) is 2.78. The van der Waals surface area contributed by atoms with Gasteiger partial charge in [0, 0.05) is 44.8 Å². The molecule has 9 nitrogen and oxygen atoms in total. The van der Waals surface area contributed by atoms with E-state index in [1.54, 1.807) is 4.90 Å². The van der Waals surface area contributed by atoms with Crippen LogP contribution >= 0.6 is 11.8 Å². The fourth-order valence-electron chi connectivity index (χ4n) is 4.57. The Bertz CT molecular complexity index is 999. The second-order valence-electron chi connectivity index (χ2n) is 9.83. The molecule has 3 heterocycles. The minimum absolute atomic E-state index is 0.225. The Morgan fingerprint density at radius 1 is 1.26 bits per heavy atom. The number of hydrazone groups is 1. The van der Waals surface area contributed by atoms with Crippen molar-refractivity contribution in [3.8, 4) is 6.07 Å². The molecule has 1 amide bonds. The van der Waals surface area contributed by atoms with Gasteiger partial charge in [0.15, 0.2) is 5.84 Å². The topological polar surface area (TPSA) is 87.4 Å². The van der Waals surface area contributed by atoms with Crippen LogP contribution in [-0.4, -0.2) is 75.6 Å². The predicted octanol–water partition coefficient (Wildman–Crippen LogP) is 3.27. The standard InChI is InChI=1S/C24H32ClN7O2/c1-24(2,3)34-23(33)31-14-13-30(16-19(31)9-11-26)22-20-10-12-29(15-18-7-5-4-6-8-18)17-21(20)27-32(25)28-22/h4-8,19,27H,9-10,12-17H2,1-3H3. The first-order valence-corrected chi connectivity index (χ1v) is 12.0. The van der Waals surface area contributed by atoms with E-state index in [2.05, 4.69) is 50.7 Å². The first-order chi connectivity index (χ1) is 16.2. The molecule has 0 saturated carbocycles. The Morgan fingerprint density at radius 3 is 2.74 bits per heavy atom. The first-order valence-electron chi connectivity index (χ1n) is 11.6. The molecule has 0 spiro atoms. The molecule has 1 fully saturated rings. The van der Waals surface area contributed by atoms with Crippen LogP contribution in [0, 0.1) is 11.3 Å². The third kappa shape index (κ3) is 5.75. The summed E-state index contributed by atoms with van der Waals surface area (Å²) in [7, 11) is 0. The van der Waals surface area contributed by atoms with Crippen LogP contribution in [0.3, 0.4) is 0 Å². The molecule has 1 saturated heterocycles. The number of piperazine rings is 1. The smallest absolute Gasteiger partial charge is 0.410 e. The quantitative estimate of drug-likeness (QED) is 0.657. The summed E-state index contributed by atoms with van der Waals surface area (Å²) in [6.45, 7) is 9.61. The molecule has 34 heavy (non-hydrogen) atoms. The lowest BCUT2D eigenvalue weighted by Gasteiger charge is -2.44. The van der Waals surface area contributed by atoms with E-state index in [4.69, 9.17) is 16.5 Å². The maximum absolute atomic E-state index is 12.7. The van der Waals surface area contributed by atoms with Gasteiger partial charge in [-0.3, -0.25) is 10.3 Å². The summed E-state index contributed by atoms with van der Waals surface area (Å²) in [6, 6.07) is 12.4. The Labute approximate surface area is 206 Å². The molecule has 10 heteroatoms. The number of amidine groups is 1. The van der Waals surface area contributed by atoms with E-state index in [1.807, 2.05) is 26.8 Å². The number of nitrogens with one attached hydrogen (secondary N) is 1. The summed E-state index contributed by atoms with van der Waals surface area (Å²) in [5, 5.41) is 14.0. The maximum atomic E-state index is 12.7. The van der Waals surface area contributed by atoms with Crippen molar-refractivity contribution in [2.75, 3.05) is 32.7 Å². The molecule has 3 aliphatic rings. The van der Waals surface area contributed by atoms with Gasteiger partial charge in [0.25, 0.3) is 0 Å². The Morgan fingerprint density at radius 2 is 2.03 bits per heavy atom. The number of nitriles is 1. The maximum Gasteiger partial charge on any atom is 0.410 e. The molecule has 0 aromatic heterocycles. The van der Waals surface area contributed by atoms with E-state index in [9.17, 15) is 10.1 Å². The lowest BCUT2D eigenvalue weighted by molar-refractivity contribution is 0.00570. The number of carbonyl (C=O) groups excluding carboxylic acids is 1. The van der Waals surface area contributed by atoms with Crippen molar-refractivity contribution in [3.63, 3.8) is 0 Å². The number of hydrazine groups is 1. The van der Waals surface area contributed by atoms with Gasteiger partial charge in [0.05, 0.1) is 36.0 Å². The van der Waals surface area contributed by atoms with Crippen molar-refractivity contribution in [2.24, 2.45) is 5.10 Å². The fraction of sp³-hybridized carbons (Fsp3) is 0.542. The fourth-order valence-corrected chi connectivity index (χ4v) is 4.74. The number of carbonyl (C=O) groups is 1. The molecule has 1 aromatic carbocycles. The van der Waals surface area contributed by atoms with Gasteiger partial charge in [-0.1, -0.05) is 30.3 Å². The van der Waals surface area contributed by atoms with Gasteiger partial charge in [-0.2, -0.15) is 5.26 Å². The van der Waals surface area contributed by atoms with Gasteiger partial charge >= 0.3 is 6.09 Å². The van der Waals surface area contributed by atoms with Crippen molar-refractivity contribution in [3.05, 3.63) is 47.2 Å². The molecule has 1 N–H and O–H groups in total. The summed E-state index contributed by atoms with van der Waals surface area (Å²) in [6.07, 6.45) is 0.684. The molecule has 1 aromatic rings. The third-order valence-corrected chi connectivity index (χ3v) is 6.25. The van der Waals surface area contributed by atoms with E-state index in [0.29, 0.717) is 19.6 Å². The van der Waals surface area contributed by atoms with E-state index >= 15 is 0 Å². The second-order valence-corrected chi connectivity index (χ2v) is 10.2. The minimum atomic E-state index is -0.586. The van der Waals surface area contributed by atoms with Gasteiger partial charge in [0.1, 0.15) is 5.60 Å². The van der Waals surface area contributed by atoms with Crippen molar-refractivity contribution < 1.29 is 9.53 Å². The van der Waals surface area contributed by atoms with E-state index < -0.39 is 5.60 Å². The highest BCUT2D eigenvalue weighted by molar-refractivity contribution is 6.14. The van der Waals surface area contributed by atoms with E-state index in [1.165, 1.54) is 10.2 Å². The number of halogens is 1. The minimum Gasteiger partial charge on any atom is -0.444 e. The van der Waals surface area contributed by atoms with Gasteiger partial charge in [-0.25, -0.2) is 4.79 Å². The average molecular weight is 486 g/mol. The van der Waals surface area contributed by atoms with Crippen molar-refractivity contribution in [2.45, 2.75) is 51.8 Å². The number of hydrogen-bond donors (Lipinski definition) is 1. The lowest BCUT2D eigenvalue weighted by atomic mass is 10.0. The third-order valence-electron chi connectivity index (χ3n) is 6.09. The molecular formula is C24H32ClN7O2. The number of hydrogen-bond acceptors (Lipinski definition) is 8. The molecule has 0 aliphatic carbocycles. The van der Waals surface area contributed by atoms with Crippen LogP contribution in [0.5, 0.6) is 0 Å². The highest BCUT2D eigenvalue weighted by atomic mass is 35.5. The van der Waals surface area contributed by atoms with Crippen molar-refractivity contribution in [1.82, 2.24) is 24.8 Å². The molecule has 0 bridgehead atoms. The second kappa shape index (κ2) is 10.1. The zero-order chi connectivity index (χ0) is 24.3. The van der Waals surface area contributed by atoms with Crippen LogP contribution in [0.4, 0.5) is 4.79 Å². The largest absolute Gasteiger partial charge is 0.444 e. The summed E-state index contributed by atoms with van der Waals surface area (Å²) >= 11 is 6.33. The normalized spacial score (nSPS) is 21.4. The van der Waals surface area contributed by atoms with Gasteiger partial charge in [-0.15, -0.1) is 9.74 Å². The number of nitrogens with zero attached hydrogens (tertiary/aromatic N) is 6. The SMILES string of the molecule is CC(C)(C)OC(=O)N1CCN(C2=NN(Cl)NC3=C2CCN(Cc2ccccc2)C3)CC1CC#N. The molecule has 0 radical (unpaired) electrons. The molecular weight excluding hydrogens is 454 g/mol. The molecule has 1 unspecified atom stereocenters. The molecule has 4 rings (SSSR count). The van der Waals surface area contributed by atoms with Crippen molar-refractivity contribution in [1.29, 1.82) is 5.26 Å². The highest BCUT2D eigenvalue weighted by Gasteiger charge is 2.37. The zero-order valence-electron chi connectivity index (χ0n) is 20.0. The zero-order valence-corrected chi connectivity index (χ0v) is 20.8. The molecule has 182 valence electrons. The number of ether oxygens (including phenoxy) is 1. The number of benzene rings is 1. The van der Waals surface area contributed by atoms with Crippen LogP contribution < -0.4 is 5.43 Å².